The average molecular weight is 302 g/mol. The Hall–Kier alpha value is -1.81. The van der Waals surface area contributed by atoms with Crippen LogP contribution in [0.3, 0.4) is 0 Å². The summed E-state index contributed by atoms with van der Waals surface area (Å²) in [6, 6.07) is 10.4. The molecule has 2 rings (SSSR count). The molecule has 0 saturated heterocycles. The van der Waals surface area contributed by atoms with Gasteiger partial charge in [-0.15, -0.1) is 11.3 Å². The van der Waals surface area contributed by atoms with Crippen molar-refractivity contribution < 1.29 is 4.79 Å². The van der Waals surface area contributed by atoms with Crippen molar-refractivity contribution in [2.45, 2.75) is 33.2 Å². The van der Waals surface area contributed by atoms with Crippen molar-refractivity contribution in [1.29, 1.82) is 0 Å². The highest BCUT2D eigenvalue weighted by atomic mass is 32.1. The Bertz CT molecular complexity index is 573. The second kappa shape index (κ2) is 7.27. The third kappa shape index (κ3) is 4.90. The number of nitrogens with one attached hydrogen (secondary N) is 2. The fraction of sp³-hybridized carbons (Fsp3) is 0.353. The second-order valence-electron chi connectivity index (χ2n) is 5.37. The molecule has 1 atom stereocenters. The maximum absolute atomic E-state index is 11.9. The van der Waals surface area contributed by atoms with Gasteiger partial charge < -0.3 is 10.6 Å². The minimum Gasteiger partial charge on any atom is -0.338 e. The smallest absolute Gasteiger partial charge is 0.315 e. The zero-order valence-electron chi connectivity index (χ0n) is 12.8. The third-order valence-electron chi connectivity index (χ3n) is 3.33. The van der Waals surface area contributed by atoms with Gasteiger partial charge in [-0.3, -0.25) is 0 Å². The van der Waals surface area contributed by atoms with Crippen molar-refractivity contribution in [3.05, 3.63) is 57.3 Å². The van der Waals surface area contributed by atoms with E-state index in [2.05, 4.69) is 54.1 Å². The zero-order valence-corrected chi connectivity index (χ0v) is 13.6. The van der Waals surface area contributed by atoms with Crippen molar-refractivity contribution in [3.8, 4) is 0 Å². The molecular formula is C17H22N2OS. The van der Waals surface area contributed by atoms with Crippen LogP contribution in [0.2, 0.25) is 0 Å². The van der Waals surface area contributed by atoms with Gasteiger partial charge in [0, 0.05) is 11.4 Å². The normalized spacial score (nSPS) is 12.0. The molecule has 2 N–H and O–H groups in total. The summed E-state index contributed by atoms with van der Waals surface area (Å²) in [6.07, 6.45) is 0.878. The van der Waals surface area contributed by atoms with E-state index >= 15 is 0 Å². The first kappa shape index (κ1) is 15.6. The third-order valence-corrected chi connectivity index (χ3v) is 4.26. The second-order valence-corrected chi connectivity index (χ2v) is 6.40. The number of hydrogen-bond donors (Lipinski definition) is 2. The van der Waals surface area contributed by atoms with Crippen molar-refractivity contribution in [2.75, 3.05) is 6.54 Å². The molecule has 3 nitrogen and oxygen atoms in total. The number of aryl methyl sites for hydroxylation is 2. The van der Waals surface area contributed by atoms with Crippen LogP contribution in [0.15, 0.2) is 35.7 Å². The van der Waals surface area contributed by atoms with Crippen LogP contribution in [-0.2, 0) is 6.42 Å². The van der Waals surface area contributed by atoms with Crippen LogP contribution in [0.4, 0.5) is 4.79 Å². The lowest BCUT2D eigenvalue weighted by Crippen LogP contribution is -2.38. The number of rotatable bonds is 5. The molecule has 0 aliphatic heterocycles. The average Bonchev–Trinajstić information content (AvgIpc) is 2.90. The van der Waals surface area contributed by atoms with E-state index in [1.165, 1.54) is 16.0 Å². The molecule has 0 aliphatic carbocycles. The van der Waals surface area contributed by atoms with Crippen LogP contribution in [0.1, 0.15) is 34.5 Å². The molecule has 0 radical (unpaired) electrons. The number of thiophene rings is 1. The first-order chi connectivity index (χ1) is 10.0. The van der Waals surface area contributed by atoms with E-state index in [-0.39, 0.29) is 12.1 Å². The highest BCUT2D eigenvalue weighted by molar-refractivity contribution is 7.09. The van der Waals surface area contributed by atoms with Crippen molar-refractivity contribution in [1.82, 2.24) is 10.6 Å². The van der Waals surface area contributed by atoms with Crippen LogP contribution < -0.4 is 10.6 Å². The van der Waals surface area contributed by atoms with Gasteiger partial charge in [0.25, 0.3) is 0 Å². The lowest BCUT2D eigenvalue weighted by atomic mass is 10.0. The molecule has 1 aromatic carbocycles. The number of benzene rings is 1. The molecule has 21 heavy (non-hydrogen) atoms. The Labute approximate surface area is 130 Å². The highest BCUT2D eigenvalue weighted by Crippen LogP contribution is 2.16. The van der Waals surface area contributed by atoms with Gasteiger partial charge in [0.05, 0.1) is 6.04 Å². The number of urea groups is 1. The Morgan fingerprint density at radius 2 is 1.95 bits per heavy atom. The first-order valence-electron chi connectivity index (χ1n) is 7.19. The molecule has 2 aromatic rings. The van der Waals surface area contributed by atoms with Gasteiger partial charge in [-0.05, 0) is 44.2 Å². The van der Waals surface area contributed by atoms with Gasteiger partial charge in [0.1, 0.15) is 0 Å². The van der Waals surface area contributed by atoms with Crippen LogP contribution in [-0.4, -0.2) is 12.6 Å². The Balaban J connectivity index is 1.81. The summed E-state index contributed by atoms with van der Waals surface area (Å²) < 4.78 is 0. The van der Waals surface area contributed by atoms with E-state index in [0.717, 1.165) is 12.0 Å². The minimum absolute atomic E-state index is 0.00494. The van der Waals surface area contributed by atoms with Crippen molar-refractivity contribution in [3.63, 3.8) is 0 Å². The molecule has 1 heterocycles. The number of amides is 2. The summed E-state index contributed by atoms with van der Waals surface area (Å²) in [7, 11) is 0. The fourth-order valence-electron chi connectivity index (χ4n) is 2.34. The van der Waals surface area contributed by atoms with Crippen molar-refractivity contribution in [2.24, 2.45) is 0 Å². The zero-order chi connectivity index (χ0) is 15.2. The lowest BCUT2D eigenvalue weighted by Gasteiger charge is -2.16. The van der Waals surface area contributed by atoms with Crippen LogP contribution >= 0.6 is 11.3 Å². The Morgan fingerprint density at radius 3 is 2.57 bits per heavy atom. The van der Waals surface area contributed by atoms with E-state index in [9.17, 15) is 4.79 Å². The van der Waals surface area contributed by atoms with Gasteiger partial charge in [-0.1, -0.05) is 35.4 Å². The van der Waals surface area contributed by atoms with Gasteiger partial charge in [-0.2, -0.15) is 0 Å². The monoisotopic (exact) mass is 302 g/mol. The molecule has 0 aliphatic rings. The standard InChI is InChI=1S/C17H22N2OS/c1-12-9-13(2)11-15(10-12)14(3)19-17(20)18-7-6-16-5-4-8-21-16/h4-5,8-11,14H,6-7H2,1-3H3,(H2,18,19,20). The molecule has 0 bridgehead atoms. The maximum Gasteiger partial charge on any atom is 0.315 e. The van der Waals surface area contributed by atoms with E-state index in [0.29, 0.717) is 6.54 Å². The molecule has 1 aromatic heterocycles. The topological polar surface area (TPSA) is 41.1 Å². The molecule has 112 valence electrons. The highest BCUT2D eigenvalue weighted by Gasteiger charge is 2.09. The maximum atomic E-state index is 11.9. The SMILES string of the molecule is Cc1cc(C)cc(C(C)NC(=O)NCCc2cccs2)c1. The van der Waals surface area contributed by atoms with Crippen LogP contribution in [0, 0.1) is 13.8 Å². The predicted octanol–water partition coefficient (Wildman–Crippen LogP) is 3.97. The number of carbonyl (C=O) groups excluding carboxylic acids is 1. The largest absolute Gasteiger partial charge is 0.338 e. The summed E-state index contributed by atoms with van der Waals surface area (Å²) in [5.41, 5.74) is 3.58. The summed E-state index contributed by atoms with van der Waals surface area (Å²) in [4.78, 5) is 13.2. The van der Waals surface area contributed by atoms with Gasteiger partial charge >= 0.3 is 6.03 Å². The van der Waals surface area contributed by atoms with E-state index in [1.807, 2.05) is 13.0 Å². The van der Waals surface area contributed by atoms with E-state index < -0.39 is 0 Å². The summed E-state index contributed by atoms with van der Waals surface area (Å²) in [5, 5.41) is 7.94. The molecule has 1 unspecified atom stereocenters. The number of carbonyl (C=O) groups is 1. The van der Waals surface area contributed by atoms with Crippen molar-refractivity contribution >= 4 is 17.4 Å². The van der Waals surface area contributed by atoms with Gasteiger partial charge in [-0.25, -0.2) is 4.79 Å². The van der Waals surface area contributed by atoms with Crippen LogP contribution in [0.5, 0.6) is 0 Å². The Kier molecular flexibility index (Phi) is 5.39. The summed E-state index contributed by atoms with van der Waals surface area (Å²) >= 11 is 1.72. The quantitative estimate of drug-likeness (QED) is 0.862. The Morgan fingerprint density at radius 1 is 1.24 bits per heavy atom. The summed E-state index contributed by atoms with van der Waals surface area (Å²) in [5.74, 6) is 0. The molecule has 0 saturated carbocycles. The lowest BCUT2D eigenvalue weighted by molar-refractivity contribution is 0.238. The predicted molar refractivity (Wildman–Crippen MR) is 88.9 cm³/mol. The fourth-order valence-corrected chi connectivity index (χ4v) is 3.05. The molecule has 0 fully saturated rings. The van der Waals surface area contributed by atoms with Crippen LogP contribution in [0.25, 0.3) is 0 Å². The minimum atomic E-state index is -0.113. The molecule has 0 spiro atoms. The van der Waals surface area contributed by atoms with Gasteiger partial charge in [0.2, 0.25) is 0 Å². The molecule has 2 amide bonds. The number of hydrogen-bond acceptors (Lipinski definition) is 2. The van der Waals surface area contributed by atoms with E-state index in [1.54, 1.807) is 11.3 Å². The van der Waals surface area contributed by atoms with Gasteiger partial charge in [0.15, 0.2) is 0 Å². The first-order valence-corrected chi connectivity index (χ1v) is 8.07. The molecule has 4 heteroatoms. The summed E-state index contributed by atoms with van der Waals surface area (Å²) in [6.45, 7) is 6.81. The molecular weight excluding hydrogens is 280 g/mol. The van der Waals surface area contributed by atoms with E-state index in [4.69, 9.17) is 0 Å².